The van der Waals surface area contributed by atoms with Crippen LogP contribution in [0.25, 0.3) is 11.0 Å². The first-order chi connectivity index (χ1) is 10.3. The van der Waals surface area contributed by atoms with E-state index in [4.69, 9.17) is 9.72 Å². The molecule has 0 radical (unpaired) electrons. The van der Waals surface area contributed by atoms with Crippen LogP contribution in [-0.2, 0) is 17.7 Å². The Morgan fingerprint density at radius 1 is 1.29 bits per heavy atom. The van der Waals surface area contributed by atoms with Crippen molar-refractivity contribution >= 4 is 11.0 Å². The molecule has 4 heteroatoms. The lowest BCUT2D eigenvalue weighted by Gasteiger charge is -2.18. The number of imidazole rings is 1. The average Bonchev–Trinajstić information content (AvgIpc) is 2.86. The number of methoxy groups -OCH3 is 1. The topological polar surface area (TPSA) is 39.1 Å². The smallest absolute Gasteiger partial charge is 0.111 e. The molecule has 4 nitrogen and oxygen atoms in total. The van der Waals surface area contributed by atoms with Crippen LogP contribution in [0.1, 0.15) is 32.5 Å². The Morgan fingerprint density at radius 2 is 2.10 bits per heavy atom. The summed E-state index contributed by atoms with van der Waals surface area (Å²) in [5, 5.41) is 3.62. The highest BCUT2D eigenvalue weighted by Gasteiger charge is 2.15. The van der Waals surface area contributed by atoms with Crippen molar-refractivity contribution in [1.82, 2.24) is 14.9 Å². The molecule has 1 atom stereocenters. The summed E-state index contributed by atoms with van der Waals surface area (Å²) in [7, 11) is 1.76. The van der Waals surface area contributed by atoms with Crippen LogP contribution in [0.2, 0.25) is 0 Å². The Hall–Kier alpha value is -1.39. The predicted molar refractivity (Wildman–Crippen MR) is 87.7 cm³/mol. The van der Waals surface area contributed by atoms with Gasteiger partial charge in [0, 0.05) is 32.7 Å². The van der Waals surface area contributed by atoms with Crippen LogP contribution in [0, 0.1) is 0 Å². The molecule has 0 saturated carbocycles. The van der Waals surface area contributed by atoms with Gasteiger partial charge < -0.3 is 14.6 Å². The highest BCUT2D eigenvalue weighted by atomic mass is 16.5. The van der Waals surface area contributed by atoms with Gasteiger partial charge in [0.05, 0.1) is 11.0 Å². The molecule has 1 unspecified atom stereocenters. The molecule has 2 aromatic rings. The number of nitrogens with zero attached hydrogens (tertiary/aromatic N) is 2. The largest absolute Gasteiger partial charge is 0.385 e. The summed E-state index contributed by atoms with van der Waals surface area (Å²) in [5.74, 6) is 1.17. The van der Waals surface area contributed by atoms with Crippen LogP contribution in [0.5, 0.6) is 0 Å². The van der Waals surface area contributed by atoms with E-state index in [1.54, 1.807) is 7.11 Å². The normalized spacial score (nSPS) is 12.9. The number of aromatic nitrogens is 2. The maximum Gasteiger partial charge on any atom is 0.111 e. The Labute approximate surface area is 127 Å². The Kier molecular flexibility index (Phi) is 6.21. The molecule has 0 fully saturated rings. The molecule has 1 aromatic carbocycles. The van der Waals surface area contributed by atoms with Gasteiger partial charge in [-0.05, 0) is 38.4 Å². The molecule has 21 heavy (non-hydrogen) atoms. The summed E-state index contributed by atoms with van der Waals surface area (Å²) in [6.07, 6.45) is 3.11. The molecule has 1 N–H and O–H groups in total. The van der Waals surface area contributed by atoms with Gasteiger partial charge in [-0.1, -0.05) is 19.1 Å². The average molecular weight is 289 g/mol. The zero-order valence-electron chi connectivity index (χ0n) is 13.4. The lowest BCUT2D eigenvalue weighted by atomic mass is 10.1. The number of ether oxygens (including phenoxy) is 1. The third-order valence-corrected chi connectivity index (χ3v) is 3.83. The van der Waals surface area contributed by atoms with E-state index in [-0.39, 0.29) is 0 Å². The summed E-state index contributed by atoms with van der Waals surface area (Å²) in [6, 6.07) is 8.80. The molecule has 0 amide bonds. The minimum Gasteiger partial charge on any atom is -0.385 e. The number of nitrogens with one attached hydrogen (secondary N) is 1. The Morgan fingerprint density at radius 3 is 2.81 bits per heavy atom. The zero-order valence-corrected chi connectivity index (χ0v) is 13.4. The lowest BCUT2D eigenvalue weighted by molar-refractivity contribution is 0.182. The van der Waals surface area contributed by atoms with Crippen LogP contribution in [0.15, 0.2) is 24.3 Å². The van der Waals surface area contributed by atoms with Crippen molar-refractivity contribution in [3.8, 4) is 0 Å². The number of hydrogen-bond acceptors (Lipinski definition) is 3. The molecule has 1 heterocycles. The van der Waals surface area contributed by atoms with Gasteiger partial charge in [0.15, 0.2) is 0 Å². The molecule has 2 rings (SSSR count). The molecule has 0 aliphatic rings. The molecule has 0 spiro atoms. The van der Waals surface area contributed by atoms with E-state index in [0.29, 0.717) is 6.04 Å². The summed E-state index contributed by atoms with van der Waals surface area (Å²) >= 11 is 0. The van der Waals surface area contributed by atoms with Crippen molar-refractivity contribution in [3.63, 3.8) is 0 Å². The summed E-state index contributed by atoms with van der Waals surface area (Å²) in [4.78, 5) is 4.82. The second-order valence-electron chi connectivity index (χ2n) is 5.40. The number of rotatable bonds is 9. The maximum absolute atomic E-state index is 5.24. The van der Waals surface area contributed by atoms with E-state index in [1.807, 2.05) is 0 Å². The van der Waals surface area contributed by atoms with Crippen molar-refractivity contribution in [2.75, 3.05) is 20.3 Å². The standard InChI is InChI=1S/C17H27N3O/c1-4-11-18-14(10-12-21-3)13-17-19-15-8-6-7-9-16(15)20(17)5-2/h6-9,14,18H,4-5,10-13H2,1-3H3. The Balaban J connectivity index is 2.18. The van der Waals surface area contributed by atoms with Crippen LogP contribution in [0.4, 0.5) is 0 Å². The number of para-hydroxylation sites is 2. The van der Waals surface area contributed by atoms with Crippen molar-refractivity contribution in [2.24, 2.45) is 0 Å². The predicted octanol–water partition coefficient (Wildman–Crippen LogP) is 3.00. The van der Waals surface area contributed by atoms with Gasteiger partial charge in [-0.3, -0.25) is 0 Å². The second kappa shape index (κ2) is 8.15. The third-order valence-electron chi connectivity index (χ3n) is 3.83. The SMILES string of the molecule is CCCNC(CCOC)Cc1nc2ccccc2n1CC. The van der Waals surface area contributed by atoms with Crippen LogP contribution in [-0.4, -0.2) is 35.9 Å². The highest BCUT2D eigenvalue weighted by Crippen LogP contribution is 2.17. The maximum atomic E-state index is 5.24. The van der Waals surface area contributed by atoms with Crippen LogP contribution >= 0.6 is 0 Å². The lowest BCUT2D eigenvalue weighted by Crippen LogP contribution is -2.33. The fraction of sp³-hybridized carbons (Fsp3) is 0.588. The molecule has 0 bridgehead atoms. The molecule has 0 aliphatic carbocycles. The minimum absolute atomic E-state index is 0.423. The van der Waals surface area contributed by atoms with Crippen molar-refractivity contribution < 1.29 is 4.74 Å². The minimum atomic E-state index is 0.423. The van der Waals surface area contributed by atoms with E-state index in [1.165, 1.54) is 11.3 Å². The summed E-state index contributed by atoms with van der Waals surface area (Å²) in [5.41, 5.74) is 2.33. The molecule has 0 aliphatic heterocycles. The van der Waals surface area contributed by atoms with Gasteiger partial charge >= 0.3 is 0 Å². The number of fused-ring (bicyclic) bond motifs is 1. The van der Waals surface area contributed by atoms with Gasteiger partial charge in [0.25, 0.3) is 0 Å². The first-order valence-corrected chi connectivity index (χ1v) is 7.96. The van der Waals surface area contributed by atoms with E-state index in [2.05, 4.69) is 48.0 Å². The van der Waals surface area contributed by atoms with Crippen molar-refractivity contribution in [1.29, 1.82) is 0 Å². The van der Waals surface area contributed by atoms with Gasteiger partial charge in [0.2, 0.25) is 0 Å². The number of benzene rings is 1. The summed E-state index contributed by atoms with van der Waals surface area (Å²) < 4.78 is 7.56. The van der Waals surface area contributed by atoms with Crippen molar-refractivity contribution in [3.05, 3.63) is 30.1 Å². The van der Waals surface area contributed by atoms with Gasteiger partial charge in [-0.2, -0.15) is 0 Å². The zero-order chi connectivity index (χ0) is 15.1. The van der Waals surface area contributed by atoms with Gasteiger partial charge in [-0.15, -0.1) is 0 Å². The first-order valence-electron chi connectivity index (χ1n) is 7.96. The molecular formula is C17H27N3O. The molecule has 0 saturated heterocycles. The molecular weight excluding hydrogens is 262 g/mol. The van der Waals surface area contributed by atoms with Crippen LogP contribution < -0.4 is 5.32 Å². The number of aryl methyl sites for hydroxylation is 1. The monoisotopic (exact) mass is 289 g/mol. The van der Waals surface area contributed by atoms with E-state index in [0.717, 1.165) is 44.5 Å². The fourth-order valence-corrected chi connectivity index (χ4v) is 2.74. The quantitative estimate of drug-likeness (QED) is 0.771. The van der Waals surface area contributed by atoms with Crippen LogP contribution in [0.3, 0.4) is 0 Å². The molecule has 116 valence electrons. The first kappa shape index (κ1) is 16.0. The fourth-order valence-electron chi connectivity index (χ4n) is 2.74. The Bertz CT molecular complexity index is 542. The third kappa shape index (κ3) is 4.05. The molecule has 1 aromatic heterocycles. The van der Waals surface area contributed by atoms with E-state index in [9.17, 15) is 0 Å². The van der Waals surface area contributed by atoms with E-state index < -0.39 is 0 Å². The number of hydrogen-bond donors (Lipinski definition) is 1. The van der Waals surface area contributed by atoms with Gasteiger partial charge in [-0.25, -0.2) is 4.98 Å². The van der Waals surface area contributed by atoms with Gasteiger partial charge in [0.1, 0.15) is 5.82 Å². The highest BCUT2D eigenvalue weighted by molar-refractivity contribution is 5.75. The summed E-state index contributed by atoms with van der Waals surface area (Å²) in [6.45, 7) is 7.16. The van der Waals surface area contributed by atoms with Crippen molar-refractivity contribution in [2.45, 2.75) is 45.7 Å². The second-order valence-corrected chi connectivity index (χ2v) is 5.40. The van der Waals surface area contributed by atoms with E-state index >= 15 is 0 Å².